The highest BCUT2D eigenvalue weighted by Gasteiger charge is 2.13. The predicted octanol–water partition coefficient (Wildman–Crippen LogP) is 4.98. The lowest BCUT2D eigenvalue weighted by Gasteiger charge is -2.06. The number of oxazole rings is 1. The van der Waals surface area contributed by atoms with E-state index in [1.54, 1.807) is 30.3 Å². The molecular weight excluding hydrogens is 345 g/mol. The van der Waals surface area contributed by atoms with Crippen molar-refractivity contribution in [2.45, 2.75) is 19.8 Å². The van der Waals surface area contributed by atoms with E-state index < -0.39 is 11.8 Å². The van der Waals surface area contributed by atoms with Crippen molar-refractivity contribution in [1.29, 1.82) is 0 Å². The van der Waals surface area contributed by atoms with Gasteiger partial charge in [0.2, 0.25) is 0 Å². The summed E-state index contributed by atoms with van der Waals surface area (Å²) in [6, 6.07) is 11.5. The Balaban J connectivity index is 1.61. The molecule has 3 rings (SSSR count). The van der Waals surface area contributed by atoms with Gasteiger partial charge in [-0.2, -0.15) is 0 Å². The Morgan fingerprint density at radius 2 is 2.08 bits per heavy atom. The second-order valence-corrected chi connectivity index (χ2v) is 5.91. The summed E-state index contributed by atoms with van der Waals surface area (Å²) in [6.07, 6.45) is 1.76. The van der Waals surface area contributed by atoms with E-state index in [4.69, 9.17) is 20.8 Å². The van der Waals surface area contributed by atoms with Crippen LogP contribution in [0.2, 0.25) is 5.02 Å². The van der Waals surface area contributed by atoms with E-state index in [9.17, 15) is 9.18 Å². The van der Waals surface area contributed by atoms with Crippen LogP contribution in [0.15, 0.2) is 53.1 Å². The fourth-order valence-corrected chi connectivity index (χ4v) is 2.44. The molecule has 2 aromatic carbocycles. The first kappa shape index (κ1) is 17.2. The minimum absolute atomic E-state index is 0.0709. The molecule has 0 spiro atoms. The summed E-state index contributed by atoms with van der Waals surface area (Å²) in [6.45, 7) is 1.88. The number of aromatic nitrogens is 1. The summed E-state index contributed by atoms with van der Waals surface area (Å²) < 4.78 is 24.5. The lowest BCUT2D eigenvalue weighted by atomic mass is 10.2. The molecule has 1 aromatic heterocycles. The molecule has 4 nitrogen and oxygen atoms in total. The number of ether oxygens (including phenoxy) is 1. The first-order valence-electron chi connectivity index (χ1n) is 7.69. The fourth-order valence-electron chi connectivity index (χ4n) is 2.28. The quantitative estimate of drug-likeness (QED) is 0.476. The fraction of sp³-hybridized carbons (Fsp3) is 0.158. The van der Waals surface area contributed by atoms with Gasteiger partial charge >= 0.3 is 5.97 Å². The summed E-state index contributed by atoms with van der Waals surface area (Å²) >= 11 is 6.00. The molecule has 0 N–H and O–H groups in total. The van der Waals surface area contributed by atoms with Crippen molar-refractivity contribution >= 4 is 17.6 Å². The number of esters is 1. The number of hydrogen-bond acceptors (Lipinski definition) is 4. The van der Waals surface area contributed by atoms with Crippen LogP contribution >= 0.6 is 11.6 Å². The summed E-state index contributed by atoms with van der Waals surface area (Å²) in [5, 5.41) is 0.372. The van der Waals surface area contributed by atoms with Crippen LogP contribution in [-0.4, -0.2) is 11.0 Å². The second-order valence-electron chi connectivity index (χ2n) is 5.51. The number of rotatable bonds is 5. The maximum atomic E-state index is 13.7. The first-order valence-corrected chi connectivity index (χ1v) is 8.07. The minimum Gasteiger partial charge on any atom is -0.441 e. The number of halogens is 2. The van der Waals surface area contributed by atoms with Gasteiger partial charge in [0.05, 0.1) is 23.2 Å². The zero-order valence-corrected chi connectivity index (χ0v) is 14.2. The first-order chi connectivity index (χ1) is 12.0. The summed E-state index contributed by atoms with van der Waals surface area (Å²) in [5.74, 6) is 0.150. The lowest BCUT2D eigenvalue weighted by molar-refractivity contribution is -0.134. The van der Waals surface area contributed by atoms with Gasteiger partial charge in [0.15, 0.2) is 11.7 Å². The minimum atomic E-state index is -0.446. The zero-order valence-electron chi connectivity index (χ0n) is 13.5. The molecule has 1 heterocycles. The van der Waals surface area contributed by atoms with Crippen molar-refractivity contribution in [2.75, 3.05) is 0 Å². The normalized spacial score (nSPS) is 10.7. The molecule has 0 aliphatic rings. The summed E-state index contributed by atoms with van der Waals surface area (Å²) in [4.78, 5) is 16.0. The molecule has 0 aliphatic heterocycles. The highest BCUT2D eigenvalue weighted by molar-refractivity contribution is 6.32. The number of hydrogen-bond donors (Lipinski definition) is 0. The van der Waals surface area contributed by atoms with Crippen molar-refractivity contribution in [3.63, 3.8) is 0 Å². The highest BCUT2D eigenvalue weighted by Crippen LogP contribution is 2.26. The molecule has 25 heavy (non-hydrogen) atoms. The van der Waals surface area contributed by atoms with Gasteiger partial charge in [-0.1, -0.05) is 29.8 Å². The van der Waals surface area contributed by atoms with Gasteiger partial charge in [0, 0.05) is 6.42 Å². The Hall–Kier alpha value is -2.66. The number of benzene rings is 2. The molecule has 0 saturated carbocycles. The molecule has 0 aliphatic carbocycles. The Morgan fingerprint density at radius 3 is 2.88 bits per heavy atom. The zero-order chi connectivity index (χ0) is 17.8. The molecule has 3 aromatic rings. The average molecular weight is 360 g/mol. The Labute approximate surface area is 149 Å². The van der Waals surface area contributed by atoms with Crippen molar-refractivity contribution in [2.24, 2.45) is 0 Å². The number of carbonyl (C=O) groups is 1. The van der Waals surface area contributed by atoms with Gasteiger partial charge in [-0.15, -0.1) is 0 Å². The number of aryl methyl sites for hydroxylation is 2. The molecule has 0 saturated heterocycles. The van der Waals surface area contributed by atoms with E-state index in [2.05, 4.69) is 4.98 Å². The molecule has 0 unspecified atom stereocenters. The molecule has 0 fully saturated rings. The van der Waals surface area contributed by atoms with Crippen molar-refractivity contribution in [3.05, 3.63) is 71.0 Å². The Bertz CT molecular complexity index is 907. The number of carbonyl (C=O) groups excluding carboxylic acids is 1. The van der Waals surface area contributed by atoms with Crippen LogP contribution in [0.1, 0.15) is 17.9 Å². The Morgan fingerprint density at radius 1 is 1.28 bits per heavy atom. The van der Waals surface area contributed by atoms with Gasteiger partial charge in [-0.3, -0.25) is 4.79 Å². The van der Waals surface area contributed by atoms with Crippen molar-refractivity contribution in [3.8, 4) is 17.1 Å². The van der Waals surface area contributed by atoms with E-state index in [1.165, 1.54) is 12.3 Å². The van der Waals surface area contributed by atoms with Crippen LogP contribution in [-0.2, 0) is 11.2 Å². The third kappa shape index (κ3) is 4.25. The van der Waals surface area contributed by atoms with E-state index in [0.717, 1.165) is 5.56 Å². The van der Waals surface area contributed by atoms with E-state index in [0.29, 0.717) is 28.0 Å². The van der Waals surface area contributed by atoms with Crippen molar-refractivity contribution < 1.29 is 18.3 Å². The smallest absolute Gasteiger partial charge is 0.311 e. The third-order valence-electron chi connectivity index (χ3n) is 3.55. The van der Waals surface area contributed by atoms with Crippen LogP contribution in [0.5, 0.6) is 5.75 Å². The maximum absolute atomic E-state index is 13.7. The lowest BCUT2D eigenvalue weighted by Crippen LogP contribution is -2.09. The molecule has 0 atom stereocenters. The maximum Gasteiger partial charge on any atom is 0.311 e. The SMILES string of the molecule is Cc1ccc(Cl)c(OC(=O)CCc2ncc(-c3ccccc3F)o2)c1. The second kappa shape index (κ2) is 7.49. The van der Waals surface area contributed by atoms with Crippen LogP contribution in [0, 0.1) is 12.7 Å². The number of nitrogens with zero attached hydrogens (tertiary/aromatic N) is 1. The van der Waals surface area contributed by atoms with Crippen LogP contribution in [0.3, 0.4) is 0 Å². The molecule has 6 heteroatoms. The van der Waals surface area contributed by atoms with Crippen LogP contribution in [0.4, 0.5) is 4.39 Å². The monoisotopic (exact) mass is 359 g/mol. The van der Waals surface area contributed by atoms with Crippen LogP contribution < -0.4 is 4.74 Å². The van der Waals surface area contributed by atoms with Gasteiger partial charge in [0.1, 0.15) is 11.6 Å². The van der Waals surface area contributed by atoms with E-state index >= 15 is 0 Å². The molecule has 0 amide bonds. The van der Waals surface area contributed by atoms with Crippen molar-refractivity contribution in [1.82, 2.24) is 4.98 Å². The molecule has 0 radical (unpaired) electrons. The predicted molar refractivity (Wildman–Crippen MR) is 92.0 cm³/mol. The standard InChI is InChI=1S/C19H15ClFNO3/c1-12-6-7-14(20)16(10-12)25-19(23)9-8-18-22-11-17(24-18)13-4-2-3-5-15(13)21/h2-7,10-11H,8-9H2,1H3. The Kier molecular flexibility index (Phi) is 5.14. The van der Waals surface area contributed by atoms with Gasteiger partial charge in [-0.25, -0.2) is 9.37 Å². The summed E-state index contributed by atoms with van der Waals surface area (Å²) in [7, 11) is 0. The average Bonchev–Trinajstić information content (AvgIpc) is 3.05. The summed E-state index contributed by atoms with van der Waals surface area (Å²) in [5.41, 5.74) is 1.27. The van der Waals surface area contributed by atoms with Crippen LogP contribution in [0.25, 0.3) is 11.3 Å². The van der Waals surface area contributed by atoms with E-state index in [1.807, 2.05) is 13.0 Å². The third-order valence-corrected chi connectivity index (χ3v) is 3.86. The van der Waals surface area contributed by atoms with Gasteiger partial charge < -0.3 is 9.15 Å². The molecule has 128 valence electrons. The topological polar surface area (TPSA) is 52.3 Å². The molecular formula is C19H15ClFNO3. The van der Waals surface area contributed by atoms with Gasteiger partial charge in [-0.05, 0) is 36.8 Å². The highest BCUT2D eigenvalue weighted by atomic mass is 35.5. The largest absolute Gasteiger partial charge is 0.441 e. The molecule has 0 bridgehead atoms. The van der Waals surface area contributed by atoms with Gasteiger partial charge in [0.25, 0.3) is 0 Å². The van der Waals surface area contributed by atoms with E-state index in [-0.39, 0.29) is 12.8 Å².